The standard InChI is InChI=1S/C16H12ClF3N2O2/c1-8(23)10-3-2-4-13-14(10)16(19,20)15(24)22(13)7-9-5-11(17)12(18)6-21-9/h2-6,8,23H,7H2,1H3/t8-/m0/s1. The fraction of sp³-hybridized carbons (Fsp3) is 0.250. The van der Waals surface area contributed by atoms with Crippen LogP contribution in [0.2, 0.25) is 5.02 Å². The molecule has 2 aromatic rings. The lowest BCUT2D eigenvalue weighted by Crippen LogP contribution is -2.34. The van der Waals surface area contributed by atoms with E-state index in [2.05, 4.69) is 4.98 Å². The molecule has 8 heteroatoms. The number of carbonyl (C=O) groups excluding carboxylic acids is 1. The molecule has 0 aliphatic carbocycles. The van der Waals surface area contributed by atoms with E-state index in [0.29, 0.717) is 0 Å². The highest BCUT2D eigenvalue weighted by Gasteiger charge is 2.54. The van der Waals surface area contributed by atoms with Gasteiger partial charge in [0.15, 0.2) is 5.82 Å². The second-order valence-electron chi connectivity index (χ2n) is 5.47. The summed E-state index contributed by atoms with van der Waals surface area (Å²) in [6.45, 7) is 1.06. The van der Waals surface area contributed by atoms with Crippen LogP contribution in [0, 0.1) is 5.82 Å². The van der Waals surface area contributed by atoms with Crippen LogP contribution < -0.4 is 4.90 Å². The van der Waals surface area contributed by atoms with E-state index in [-0.39, 0.29) is 28.5 Å². The first-order chi connectivity index (χ1) is 11.2. The molecule has 0 bridgehead atoms. The topological polar surface area (TPSA) is 53.4 Å². The number of nitrogens with zero attached hydrogens (tertiary/aromatic N) is 2. The van der Waals surface area contributed by atoms with Crippen molar-refractivity contribution in [2.45, 2.75) is 25.5 Å². The number of anilines is 1. The van der Waals surface area contributed by atoms with E-state index in [9.17, 15) is 23.1 Å². The molecule has 3 rings (SSSR count). The van der Waals surface area contributed by atoms with Gasteiger partial charge in [0.05, 0.1) is 40.8 Å². The maximum atomic E-state index is 14.4. The fourth-order valence-corrected chi connectivity index (χ4v) is 2.89. The van der Waals surface area contributed by atoms with Gasteiger partial charge >= 0.3 is 11.8 Å². The minimum atomic E-state index is -3.76. The number of halogens is 4. The smallest absolute Gasteiger partial charge is 0.352 e. The summed E-state index contributed by atoms with van der Waals surface area (Å²) in [7, 11) is 0. The van der Waals surface area contributed by atoms with Crippen LogP contribution in [0.25, 0.3) is 0 Å². The molecule has 2 heterocycles. The molecule has 1 atom stereocenters. The molecule has 4 nitrogen and oxygen atoms in total. The van der Waals surface area contributed by atoms with E-state index in [1.54, 1.807) is 0 Å². The van der Waals surface area contributed by atoms with Crippen LogP contribution in [-0.2, 0) is 17.3 Å². The van der Waals surface area contributed by atoms with Gasteiger partial charge in [0, 0.05) is 0 Å². The summed E-state index contributed by atoms with van der Waals surface area (Å²) >= 11 is 5.66. The highest BCUT2D eigenvalue weighted by molar-refractivity contribution is 6.30. The van der Waals surface area contributed by atoms with Gasteiger partial charge in [-0.3, -0.25) is 9.78 Å². The Hall–Kier alpha value is -2.12. The lowest BCUT2D eigenvalue weighted by molar-refractivity contribution is -0.141. The number of fused-ring (bicyclic) bond motifs is 1. The molecule has 126 valence electrons. The second-order valence-corrected chi connectivity index (χ2v) is 5.88. The van der Waals surface area contributed by atoms with Crippen molar-refractivity contribution in [3.05, 3.63) is 58.1 Å². The largest absolute Gasteiger partial charge is 0.389 e. The average Bonchev–Trinajstić information content (AvgIpc) is 2.72. The number of amides is 1. The van der Waals surface area contributed by atoms with Gasteiger partial charge in [-0.25, -0.2) is 4.39 Å². The van der Waals surface area contributed by atoms with Crippen LogP contribution in [0.3, 0.4) is 0 Å². The first kappa shape index (κ1) is 16.7. The zero-order chi connectivity index (χ0) is 17.6. The first-order valence-corrected chi connectivity index (χ1v) is 7.42. The predicted molar refractivity (Wildman–Crippen MR) is 81.4 cm³/mol. The van der Waals surface area contributed by atoms with E-state index < -0.39 is 29.3 Å². The van der Waals surface area contributed by atoms with Gasteiger partial charge in [0.2, 0.25) is 0 Å². The number of aliphatic hydroxyl groups is 1. The van der Waals surface area contributed by atoms with E-state index in [4.69, 9.17) is 11.6 Å². The molecule has 0 radical (unpaired) electrons. The van der Waals surface area contributed by atoms with E-state index in [0.717, 1.165) is 11.1 Å². The summed E-state index contributed by atoms with van der Waals surface area (Å²) in [4.78, 5) is 16.8. The van der Waals surface area contributed by atoms with E-state index in [1.165, 1.54) is 31.2 Å². The summed E-state index contributed by atoms with van der Waals surface area (Å²) < 4.78 is 42.0. The zero-order valence-electron chi connectivity index (χ0n) is 12.4. The lowest BCUT2D eigenvalue weighted by Gasteiger charge is -2.17. The SMILES string of the molecule is C[C@H](O)c1cccc2c1C(F)(F)C(=O)N2Cc1cc(Cl)c(F)cn1. The van der Waals surface area contributed by atoms with Crippen molar-refractivity contribution in [2.24, 2.45) is 0 Å². The first-order valence-electron chi connectivity index (χ1n) is 7.04. The molecule has 0 fully saturated rings. The van der Waals surface area contributed by atoms with Crippen LogP contribution in [0.5, 0.6) is 0 Å². The number of pyridine rings is 1. The Morgan fingerprint density at radius 2 is 2.12 bits per heavy atom. The van der Waals surface area contributed by atoms with Gasteiger partial charge < -0.3 is 10.0 Å². The highest BCUT2D eigenvalue weighted by atomic mass is 35.5. The third-order valence-electron chi connectivity index (χ3n) is 3.83. The molecule has 0 spiro atoms. The summed E-state index contributed by atoms with van der Waals surface area (Å²) in [6.07, 6.45) is -0.291. The quantitative estimate of drug-likeness (QED) is 0.914. The second kappa shape index (κ2) is 5.75. The van der Waals surface area contributed by atoms with Crippen molar-refractivity contribution in [1.82, 2.24) is 4.98 Å². The molecular weight excluding hydrogens is 345 g/mol. The van der Waals surface area contributed by atoms with Crippen LogP contribution >= 0.6 is 11.6 Å². The van der Waals surface area contributed by atoms with Gasteiger partial charge in [-0.2, -0.15) is 8.78 Å². The third kappa shape index (κ3) is 2.53. The lowest BCUT2D eigenvalue weighted by atomic mass is 9.98. The number of hydrogen-bond acceptors (Lipinski definition) is 3. The Bertz CT molecular complexity index is 827. The van der Waals surface area contributed by atoms with Crippen LogP contribution in [0.1, 0.15) is 29.8 Å². The Kier molecular flexibility index (Phi) is 4.01. The normalized spacial score (nSPS) is 17.1. The fourth-order valence-electron chi connectivity index (χ4n) is 2.72. The molecule has 0 saturated heterocycles. The minimum absolute atomic E-state index is 0.00866. The van der Waals surface area contributed by atoms with Crippen molar-refractivity contribution in [3.63, 3.8) is 0 Å². The zero-order valence-corrected chi connectivity index (χ0v) is 13.2. The Morgan fingerprint density at radius 3 is 2.75 bits per heavy atom. The van der Waals surface area contributed by atoms with Crippen LogP contribution in [-0.4, -0.2) is 16.0 Å². The molecule has 1 aromatic carbocycles. The predicted octanol–water partition coefficient (Wildman–Crippen LogP) is 3.57. The molecule has 1 N–H and O–H groups in total. The number of benzene rings is 1. The molecule has 0 saturated carbocycles. The molecule has 1 amide bonds. The van der Waals surface area contributed by atoms with Gasteiger partial charge in [0.25, 0.3) is 0 Å². The number of rotatable bonds is 3. The van der Waals surface area contributed by atoms with Crippen molar-refractivity contribution >= 4 is 23.2 Å². The average molecular weight is 357 g/mol. The Labute approximate surface area is 140 Å². The number of aromatic nitrogens is 1. The van der Waals surface area contributed by atoms with Gasteiger partial charge in [-0.1, -0.05) is 23.7 Å². The number of alkyl halides is 2. The Balaban J connectivity index is 2.07. The van der Waals surface area contributed by atoms with Crippen molar-refractivity contribution in [3.8, 4) is 0 Å². The maximum Gasteiger partial charge on any atom is 0.352 e. The van der Waals surface area contributed by atoms with Gasteiger partial charge in [-0.05, 0) is 24.6 Å². The summed E-state index contributed by atoms with van der Waals surface area (Å²) in [5, 5.41) is 9.50. The highest BCUT2D eigenvalue weighted by Crippen LogP contribution is 2.47. The number of aliphatic hydroxyl groups excluding tert-OH is 1. The number of carbonyl (C=O) groups is 1. The van der Waals surface area contributed by atoms with Gasteiger partial charge in [-0.15, -0.1) is 0 Å². The van der Waals surface area contributed by atoms with Crippen molar-refractivity contribution in [2.75, 3.05) is 4.90 Å². The molecule has 0 unspecified atom stereocenters. The van der Waals surface area contributed by atoms with E-state index in [1.807, 2.05) is 0 Å². The van der Waals surface area contributed by atoms with Crippen molar-refractivity contribution in [1.29, 1.82) is 0 Å². The van der Waals surface area contributed by atoms with E-state index >= 15 is 0 Å². The minimum Gasteiger partial charge on any atom is -0.389 e. The monoisotopic (exact) mass is 356 g/mol. The van der Waals surface area contributed by atoms with Crippen LogP contribution in [0.15, 0.2) is 30.5 Å². The summed E-state index contributed by atoms with van der Waals surface area (Å²) in [5.41, 5.74) is -0.372. The Morgan fingerprint density at radius 1 is 1.42 bits per heavy atom. The van der Waals surface area contributed by atoms with Crippen LogP contribution in [0.4, 0.5) is 18.9 Å². The molecular formula is C16H12ClF3N2O2. The maximum absolute atomic E-state index is 14.4. The summed E-state index contributed by atoms with van der Waals surface area (Å²) in [5.74, 6) is -5.92. The molecule has 24 heavy (non-hydrogen) atoms. The van der Waals surface area contributed by atoms with Crippen molar-refractivity contribution < 1.29 is 23.1 Å². The molecule has 1 aromatic heterocycles. The molecule has 1 aliphatic rings. The summed E-state index contributed by atoms with van der Waals surface area (Å²) in [6, 6.07) is 5.37. The van der Waals surface area contributed by atoms with Gasteiger partial charge in [0.1, 0.15) is 0 Å². The number of hydrogen-bond donors (Lipinski definition) is 1. The third-order valence-corrected chi connectivity index (χ3v) is 4.12. The molecule has 1 aliphatic heterocycles.